The molecule has 0 spiro atoms. The van der Waals surface area contributed by atoms with Gasteiger partial charge < -0.3 is 10.1 Å². The van der Waals surface area contributed by atoms with Gasteiger partial charge in [-0.25, -0.2) is 9.67 Å². The van der Waals surface area contributed by atoms with Gasteiger partial charge in [0, 0.05) is 18.2 Å². The molecular weight excluding hydrogens is 352 g/mol. The van der Waals surface area contributed by atoms with Crippen LogP contribution in [0, 0.1) is 6.92 Å². The molecule has 1 amide bonds. The number of carbonyl (C=O) groups excluding carboxylic acids is 1. The van der Waals surface area contributed by atoms with Gasteiger partial charge in [-0.05, 0) is 50.5 Å². The lowest BCUT2D eigenvalue weighted by Crippen LogP contribution is -2.27. The number of amides is 1. The molecule has 0 unspecified atom stereocenters. The summed E-state index contributed by atoms with van der Waals surface area (Å²) in [7, 11) is 0. The minimum absolute atomic E-state index is 0.172. The fourth-order valence-electron chi connectivity index (χ4n) is 3.15. The first-order valence-electron chi connectivity index (χ1n) is 9.23. The normalized spacial score (nSPS) is 15.2. The Bertz CT molecular complexity index is 724. The highest BCUT2D eigenvalue weighted by Crippen LogP contribution is 2.20. The first-order chi connectivity index (χ1) is 12.6. The number of benzene rings is 1. The van der Waals surface area contributed by atoms with Gasteiger partial charge in [-0.15, -0.1) is 5.10 Å². The van der Waals surface area contributed by atoms with Crippen LogP contribution in [0.5, 0.6) is 0 Å². The quantitative estimate of drug-likeness (QED) is 0.748. The standard InChI is InChI=1S/C19H25ClN4O2/c1-14-22-18(23-24(14)16-10-8-15(20)9-11-16)19(25)21-12-5-13-26-17-6-3-2-4-7-17/h8-11,17H,2-7,12-13H2,1H3,(H,21,25). The Morgan fingerprint density at radius 1 is 1.27 bits per heavy atom. The van der Waals surface area contributed by atoms with Gasteiger partial charge in [-0.2, -0.15) is 0 Å². The number of hydrogen-bond acceptors (Lipinski definition) is 4. The maximum absolute atomic E-state index is 12.2. The van der Waals surface area contributed by atoms with Gasteiger partial charge in [0.05, 0.1) is 11.8 Å². The van der Waals surface area contributed by atoms with Crippen molar-refractivity contribution in [3.8, 4) is 5.69 Å². The van der Waals surface area contributed by atoms with Crippen molar-refractivity contribution in [2.24, 2.45) is 0 Å². The molecule has 26 heavy (non-hydrogen) atoms. The van der Waals surface area contributed by atoms with Crippen molar-refractivity contribution in [3.05, 3.63) is 40.9 Å². The van der Waals surface area contributed by atoms with Crippen molar-refractivity contribution in [1.82, 2.24) is 20.1 Å². The van der Waals surface area contributed by atoms with E-state index in [1.807, 2.05) is 19.1 Å². The van der Waals surface area contributed by atoms with E-state index >= 15 is 0 Å². The SMILES string of the molecule is Cc1nc(C(=O)NCCCOC2CCCCC2)nn1-c1ccc(Cl)cc1. The zero-order valence-electron chi connectivity index (χ0n) is 15.1. The predicted molar refractivity (Wildman–Crippen MR) is 101 cm³/mol. The van der Waals surface area contributed by atoms with Gasteiger partial charge >= 0.3 is 0 Å². The highest BCUT2D eigenvalue weighted by atomic mass is 35.5. The zero-order chi connectivity index (χ0) is 18.4. The van der Waals surface area contributed by atoms with Crippen LogP contribution in [0.3, 0.4) is 0 Å². The Balaban J connectivity index is 1.46. The summed E-state index contributed by atoms with van der Waals surface area (Å²) in [5.74, 6) is 0.558. The van der Waals surface area contributed by atoms with Crippen LogP contribution in [0.1, 0.15) is 55.0 Å². The first-order valence-corrected chi connectivity index (χ1v) is 9.60. The molecule has 1 aliphatic carbocycles. The predicted octanol–water partition coefficient (Wildman–Crippen LogP) is 3.70. The van der Waals surface area contributed by atoms with Crippen LogP contribution in [0.2, 0.25) is 5.02 Å². The maximum atomic E-state index is 12.2. The molecule has 7 heteroatoms. The Morgan fingerprint density at radius 3 is 2.73 bits per heavy atom. The van der Waals surface area contributed by atoms with E-state index in [1.54, 1.807) is 16.8 Å². The Hall–Kier alpha value is -1.92. The summed E-state index contributed by atoms with van der Waals surface area (Å²) in [6, 6.07) is 7.25. The van der Waals surface area contributed by atoms with Crippen LogP contribution >= 0.6 is 11.6 Å². The van der Waals surface area contributed by atoms with Crippen molar-refractivity contribution in [2.45, 2.75) is 51.6 Å². The average molecular weight is 377 g/mol. The number of ether oxygens (including phenoxy) is 1. The maximum Gasteiger partial charge on any atom is 0.290 e. The second kappa shape index (κ2) is 9.14. The molecule has 1 aromatic carbocycles. The Morgan fingerprint density at radius 2 is 2.00 bits per heavy atom. The minimum Gasteiger partial charge on any atom is -0.378 e. The van der Waals surface area contributed by atoms with Crippen LogP contribution in [0.25, 0.3) is 5.69 Å². The number of rotatable bonds is 7. The lowest BCUT2D eigenvalue weighted by Gasteiger charge is -2.21. The molecule has 1 aromatic heterocycles. The summed E-state index contributed by atoms with van der Waals surface area (Å²) in [6.07, 6.45) is 7.38. The number of aromatic nitrogens is 3. The lowest BCUT2D eigenvalue weighted by atomic mass is 9.98. The van der Waals surface area contributed by atoms with Crippen molar-refractivity contribution >= 4 is 17.5 Å². The molecule has 1 aliphatic rings. The van der Waals surface area contributed by atoms with Crippen LogP contribution in [0.4, 0.5) is 0 Å². The summed E-state index contributed by atoms with van der Waals surface area (Å²) < 4.78 is 7.50. The lowest BCUT2D eigenvalue weighted by molar-refractivity contribution is 0.0273. The van der Waals surface area contributed by atoms with Crippen LogP contribution in [-0.4, -0.2) is 39.9 Å². The topological polar surface area (TPSA) is 69.0 Å². The molecule has 1 fully saturated rings. The summed E-state index contributed by atoms with van der Waals surface area (Å²) >= 11 is 5.91. The van der Waals surface area contributed by atoms with E-state index < -0.39 is 0 Å². The van der Waals surface area contributed by atoms with E-state index in [0.717, 1.165) is 24.9 Å². The van der Waals surface area contributed by atoms with E-state index in [0.29, 0.717) is 30.1 Å². The zero-order valence-corrected chi connectivity index (χ0v) is 15.8. The van der Waals surface area contributed by atoms with E-state index in [-0.39, 0.29) is 11.7 Å². The number of carbonyl (C=O) groups is 1. The van der Waals surface area contributed by atoms with Gasteiger partial charge in [-0.3, -0.25) is 4.79 Å². The van der Waals surface area contributed by atoms with Gasteiger partial charge in [-0.1, -0.05) is 30.9 Å². The monoisotopic (exact) mass is 376 g/mol. The fourth-order valence-corrected chi connectivity index (χ4v) is 3.27. The highest BCUT2D eigenvalue weighted by Gasteiger charge is 2.16. The van der Waals surface area contributed by atoms with E-state index in [2.05, 4.69) is 15.4 Å². The second-order valence-corrected chi connectivity index (χ2v) is 7.05. The first kappa shape index (κ1) is 18.9. The molecule has 0 saturated heterocycles. The summed E-state index contributed by atoms with van der Waals surface area (Å²) in [5, 5.41) is 7.81. The third-order valence-electron chi connectivity index (χ3n) is 4.56. The van der Waals surface area contributed by atoms with Crippen molar-refractivity contribution in [1.29, 1.82) is 0 Å². The van der Waals surface area contributed by atoms with Gasteiger partial charge in [0.15, 0.2) is 0 Å². The minimum atomic E-state index is -0.265. The molecule has 2 aromatic rings. The van der Waals surface area contributed by atoms with Crippen molar-refractivity contribution in [3.63, 3.8) is 0 Å². The molecule has 1 saturated carbocycles. The number of nitrogens with one attached hydrogen (secondary N) is 1. The van der Waals surface area contributed by atoms with E-state index in [9.17, 15) is 4.79 Å². The molecule has 1 heterocycles. The van der Waals surface area contributed by atoms with Crippen LogP contribution in [-0.2, 0) is 4.74 Å². The number of hydrogen-bond donors (Lipinski definition) is 1. The third-order valence-corrected chi connectivity index (χ3v) is 4.81. The molecule has 6 nitrogen and oxygen atoms in total. The number of nitrogens with zero attached hydrogens (tertiary/aromatic N) is 3. The molecule has 0 bridgehead atoms. The highest BCUT2D eigenvalue weighted by molar-refractivity contribution is 6.30. The second-order valence-electron chi connectivity index (χ2n) is 6.61. The van der Waals surface area contributed by atoms with E-state index in [4.69, 9.17) is 16.3 Å². The van der Waals surface area contributed by atoms with Crippen molar-refractivity contribution < 1.29 is 9.53 Å². The van der Waals surface area contributed by atoms with E-state index in [1.165, 1.54) is 19.3 Å². The van der Waals surface area contributed by atoms with Crippen LogP contribution < -0.4 is 5.32 Å². The van der Waals surface area contributed by atoms with Gasteiger partial charge in [0.2, 0.25) is 5.82 Å². The van der Waals surface area contributed by atoms with Crippen molar-refractivity contribution in [2.75, 3.05) is 13.2 Å². The molecule has 3 rings (SSSR count). The molecule has 0 aliphatic heterocycles. The molecule has 0 atom stereocenters. The van der Waals surface area contributed by atoms with Crippen LogP contribution in [0.15, 0.2) is 24.3 Å². The summed E-state index contributed by atoms with van der Waals surface area (Å²) in [4.78, 5) is 16.5. The third kappa shape index (κ3) is 5.05. The largest absolute Gasteiger partial charge is 0.378 e. The van der Waals surface area contributed by atoms with Gasteiger partial charge in [0.25, 0.3) is 5.91 Å². The summed E-state index contributed by atoms with van der Waals surface area (Å²) in [5.41, 5.74) is 0.819. The molecule has 0 radical (unpaired) electrons. The summed E-state index contributed by atoms with van der Waals surface area (Å²) in [6.45, 7) is 3.05. The Labute approximate surface area is 158 Å². The Kier molecular flexibility index (Phi) is 6.63. The molecular formula is C19H25ClN4O2. The fraction of sp³-hybridized carbons (Fsp3) is 0.526. The van der Waals surface area contributed by atoms with Gasteiger partial charge in [0.1, 0.15) is 5.82 Å². The smallest absolute Gasteiger partial charge is 0.290 e. The average Bonchev–Trinajstić information content (AvgIpc) is 3.05. The molecule has 140 valence electrons. The molecule has 1 N–H and O–H groups in total. The number of halogens is 1. The number of aryl methyl sites for hydroxylation is 1.